The first-order valence-corrected chi connectivity index (χ1v) is 6.08. The van der Waals surface area contributed by atoms with Gasteiger partial charge in [0.1, 0.15) is 5.69 Å². The molecule has 3 nitrogen and oxygen atoms in total. The Hall–Kier alpha value is -1.29. The van der Waals surface area contributed by atoms with Gasteiger partial charge in [-0.15, -0.1) is 0 Å². The topological polar surface area (TPSA) is 42.0 Å². The van der Waals surface area contributed by atoms with Crippen LogP contribution in [0.3, 0.4) is 0 Å². The van der Waals surface area contributed by atoms with E-state index in [-0.39, 0.29) is 5.91 Å². The van der Waals surface area contributed by atoms with Crippen molar-refractivity contribution in [1.29, 1.82) is 0 Å². The molecule has 2 aromatic rings. The van der Waals surface area contributed by atoms with Crippen LogP contribution in [0.25, 0.3) is 0 Å². The summed E-state index contributed by atoms with van der Waals surface area (Å²) in [6.07, 6.45) is 1.53. The van der Waals surface area contributed by atoms with E-state index in [0.29, 0.717) is 26.4 Å². The normalized spacial score (nSPS) is 10.2. The first-order valence-electron chi connectivity index (χ1n) is 4.95. The zero-order valence-electron chi connectivity index (χ0n) is 8.95. The molecule has 0 spiro atoms. The van der Waals surface area contributed by atoms with Crippen molar-refractivity contribution in [2.24, 2.45) is 0 Å². The van der Waals surface area contributed by atoms with Gasteiger partial charge >= 0.3 is 0 Å². The van der Waals surface area contributed by atoms with Gasteiger partial charge < -0.3 is 5.32 Å². The predicted molar refractivity (Wildman–Crippen MR) is 73.7 cm³/mol. The minimum absolute atomic E-state index is 0.291. The van der Waals surface area contributed by atoms with Gasteiger partial charge in [-0.1, -0.05) is 40.9 Å². The Morgan fingerprint density at radius 2 is 1.78 bits per heavy atom. The minimum atomic E-state index is -0.365. The molecule has 6 heteroatoms. The molecule has 18 heavy (non-hydrogen) atoms. The minimum Gasteiger partial charge on any atom is -0.319 e. The molecule has 0 aliphatic heterocycles. The van der Waals surface area contributed by atoms with Gasteiger partial charge in [-0.25, -0.2) is 0 Å². The van der Waals surface area contributed by atoms with E-state index in [1.807, 2.05) is 0 Å². The maximum atomic E-state index is 11.9. The van der Waals surface area contributed by atoms with E-state index >= 15 is 0 Å². The van der Waals surface area contributed by atoms with Crippen molar-refractivity contribution < 1.29 is 4.79 Å². The van der Waals surface area contributed by atoms with E-state index in [2.05, 4.69) is 10.3 Å². The number of rotatable bonds is 2. The number of amides is 1. The lowest BCUT2D eigenvalue weighted by atomic mass is 10.3. The van der Waals surface area contributed by atoms with E-state index < -0.39 is 0 Å². The van der Waals surface area contributed by atoms with Crippen LogP contribution >= 0.6 is 34.8 Å². The molecule has 0 fully saturated rings. The van der Waals surface area contributed by atoms with Gasteiger partial charge in [-0.3, -0.25) is 9.78 Å². The molecule has 1 aromatic carbocycles. The zero-order chi connectivity index (χ0) is 13.1. The van der Waals surface area contributed by atoms with Crippen molar-refractivity contribution in [3.8, 4) is 0 Å². The monoisotopic (exact) mass is 300 g/mol. The molecule has 1 N–H and O–H groups in total. The average Bonchev–Trinajstić information content (AvgIpc) is 2.37. The van der Waals surface area contributed by atoms with Crippen LogP contribution in [-0.4, -0.2) is 10.9 Å². The zero-order valence-corrected chi connectivity index (χ0v) is 11.2. The van der Waals surface area contributed by atoms with Crippen LogP contribution < -0.4 is 5.32 Å². The van der Waals surface area contributed by atoms with Gasteiger partial charge in [0.15, 0.2) is 0 Å². The lowest BCUT2D eigenvalue weighted by molar-refractivity contribution is 0.102. The lowest BCUT2D eigenvalue weighted by Crippen LogP contribution is -2.13. The molecule has 0 aliphatic carbocycles. The van der Waals surface area contributed by atoms with Crippen molar-refractivity contribution in [2.45, 2.75) is 0 Å². The lowest BCUT2D eigenvalue weighted by Gasteiger charge is -2.08. The number of hydrogen-bond donors (Lipinski definition) is 1. The van der Waals surface area contributed by atoms with Gasteiger partial charge in [-0.2, -0.15) is 0 Å². The number of aromatic nitrogens is 1. The first kappa shape index (κ1) is 13.1. The molecule has 0 bridgehead atoms. The van der Waals surface area contributed by atoms with Crippen LogP contribution in [0.15, 0.2) is 36.5 Å². The van der Waals surface area contributed by atoms with Gasteiger partial charge in [0.05, 0.1) is 20.8 Å². The highest BCUT2D eigenvalue weighted by Crippen LogP contribution is 2.32. The van der Waals surface area contributed by atoms with Gasteiger partial charge in [-0.05, 0) is 24.3 Å². The average molecular weight is 302 g/mol. The number of anilines is 1. The molecule has 2 rings (SSSR count). The molecule has 1 amide bonds. The summed E-state index contributed by atoms with van der Waals surface area (Å²) in [4.78, 5) is 15.8. The summed E-state index contributed by atoms with van der Waals surface area (Å²) in [5.74, 6) is -0.365. The van der Waals surface area contributed by atoms with Crippen molar-refractivity contribution >= 4 is 46.4 Å². The molecule has 0 saturated carbocycles. The summed E-state index contributed by atoms with van der Waals surface area (Å²) in [6, 6.07) is 8.01. The fourth-order valence-electron chi connectivity index (χ4n) is 1.30. The number of carbonyl (C=O) groups is 1. The van der Waals surface area contributed by atoms with E-state index in [4.69, 9.17) is 34.8 Å². The maximum Gasteiger partial charge on any atom is 0.274 e. The standard InChI is InChI=1S/C12H7Cl3N2O/c13-7-5-9(15)11(6-8(7)14)17-12(18)10-3-1-2-4-16-10/h1-6H,(H,17,18). The quantitative estimate of drug-likeness (QED) is 0.841. The molecule has 0 atom stereocenters. The second kappa shape index (κ2) is 5.57. The third-order valence-electron chi connectivity index (χ3n) is 2.16. The highest BCUT2D eigenvalue weighted by molar-refractivity contribution is 6.44. The number of pyridine rings is 1. The Labute approximate surface area is 119 Å². The SMILES string of the molecule is O=C(Nc1cc(Cl)c(Cl)cc1Cl)c1ccccn1. The predicted octanol–water partition coefficient (Wildman–Crippen LogP) is 4.29. The van der Waals surface area contributed by atoms with Crippen molar-refractivity contribution in [3.05, 3.63) is 57.3 Å². The van der Waals surface area contributed by atoms with E-state index in [0.717, 1.165) is 0 Å². The third-order valence-corrected chi connectivity index (χ3v) is 3.19. The largest absolute Gasteiger partial charge is 0.319 e. The maximum absolute atomic E-state index is 11.9. The molecule has 92 valence electrons. The number of hydrogen-bond acceptors (Lipinski definition) is 2. The summed E-state index contributed by atoms with van der Waals surface area (Å²) in [6.45, 7) is 0. The molecule has 1 aromatic heterocycles. The summed E-state index contributed by atoms with van der Waals surface area (Å²) in [5, 5.41) is 3.58. The highest BCUT2D eigenvalue weighted by Gasteiger charge is 2.11. The van der Waals surface area contributed by atoms with Crippen LogP contribution in [0, 0.1) is 0 Å². The van der Waals surface area contributed by atoms with Crippen molar-refractivity contribution in [2.75, 3.05) is 5.32 Å². The fourth-order valence-corrected chi connectivity index (χ4v) is 1.90. The highest BCUT2D eigenvalue weighted by atomic mass is 35.5. The summed E-state index contributed by atoms with van der Waals surface area (Å²) in [7, 11) is 0. The molecule has 0 aliphatic rings. The van der Waals surface area contributed by atoms with Crippen LogP contribution in [-0.2, 0) is 0 Å². The summed E-state index contributed by atoms with van der Waals surface area (Å²) in [5.41, 5.74) is 0.682. The van der Waals surface area contributed by atoms with Crippen molar-refractivity contribution in [3.63, 3.8) is 0 Å². The van der Waals surface area contributed by atoms with Crippen LogP contribution in [0.2, 0.25) is 15.1 Å². The molecular formula is C12H7Cl3N2O. The third kappa shape index (κ3) is 2.93. The van der Waals surface area contributed by atoms with Crippen LogP contribution in [0.5, 0.6) is 0 Å². The Morgan fingerprint density at radius 1 is 1.06 bits per heavy atom. The molecular weight excluding hydrogens is 295 g/mol. The van der Waals surface area contributed by atoms with Gasteiger partial charge in [0.25, 0.3) is 5.91 Å². The second-order valence-corrected chi connectivity index (χ2v) is 4.64. The van der Waals surface area contributed by atoms with Crippen LogP contribution in [0.1, 0.15) is 10.5 Å². The molecule has 0 unspecified atom stereocenters. The first-order chi connectivity index (χ1) is 8.58. The summed E-state index contributed by atoms with van der Waals surface area (Å²) >= 11 is 17.6. The smallest absolute Gasteiger partial charge is 0.274 e. The molecule has 1 heterocycles. The van der Waals surface area contributed by atoms with Crippen molar-refractivity contribution in [1.82, 2.24) is 4.98 Å². The Kier molecular flexibility index (Phi) is 4.07. The van der Waals surface area contributed by atoms with Gasteiger partial charge in [0, 0.05) is 6.20 Å². The second-order valence-electron chi connectivity index (χ2n) is 3.42. The van der Waals surface area contributed by atoms with E-state index in [1.165, 1.54) is 18.3 Å². The Balaban J connectivity index is 2.25. The number of benzene rings is 1. The van der Waals surface area contributed by atoms with E-state index in [1.54, 1.807) is 18.2 Å². The molecule has 0 radical (unpaired) electrons. The number of nitrogens with one attached hydrogen (secondary N) is 1. The number of nitrogens with zero attached hydrogens (tertiary/aromatic N) is 1. The van der Waals surface area contributed by atoms with E-state index in [9.17, 15) is 4.79 Å². The Morgan fingerprint density at radius 3 is 2.44 bits per heavy atom. The Bertz CT molecular complexity index is 587. The van der Waals surface area contributed by atoms with Crippen LogP contribution in [0.4, 0.5) is 5.69 Å². The molecule has 0 saturated heterocycles. The summed E-state index contributed by atoms with van der Waals surface area (Å²) < 4.78 is 0. The number of carbonyl (C=O) groups excluding carboxylic acids is 1. The van der Waals surface area contributed by atoms with Gasteiger partial charge in [0.2, 0.25) is 0 Å². The fraction of sp³-hybridized carbons (Fsp3) is 0. The number of halogens is 3.